The van der Waals surface area contributed by atoms with Gasteiger partial charge in [-0.15, -0.1) is 0 Å². The summed E-state index contributed by atoms with van der Waals surface area (Å²) in [7, 11) is 0. The molecule has 7 heteroatoms. The highest BCUT2D eigenvalue weighted by molar-refractivity contribution is 6.31. The molecule has 0 atom stereocenters. The van der Waals surface area contributed by atoms with Gasteiger partial charge in [0.25, 0.3) is 0 Å². The van der Waals surface area contributed by atoms with Crippen molar-refractivity contribution in [3.8, 4) is 0 Å². The van der Waals surface area contributed by atoms with Gasteiger partial charge in [-0.1, -0.05) is 45.4 Å². The second-order valence-corrected chi connectivity index (χ2v) is 9.38. The molecule has 0 unspecified atom stereocenters. The van der Waals surface area contributed by atoms with E-state index in [1.807, 2.05) is 25.7 Å². The monoisotopic (exact) mass is 446 g/mol. The summed E-state index contributed by atoms with van der Waals surface area (Å²) in [5.41, 5.74) is 2.20. The SMILES string of the molecule is Cc1nc(CC(C)C)nc(N2CCN(C(=O)C(C)C)CC2)c1Cc1c(F)cccc1Cl. The molecule has 2 heterocycles. The van der Waals surface area contributed by atoms with Crippen LogP contribution in [-0.2, 0) is 17.6 Å². The van der Waals surface area contributed by atoms with Crippen molar-refractivity contribution in [3.05, 3.63) is 51.7 Å². The Morgan fingerprint density at radius 1 is 1.10 bits per heavy atom. The van der Waals surface area contributed by atoms with Crippen LogP contribution >= 0.6 is 11.6 Å². The van der Waals surface area contributed by atoms with Crippen LogP contribution in [0.3, 0.4) is 0 Å². The molecule has 3 rings (SSSR count). The van der Waals surface area contributed by atoms with E-state index in [0.717, 1.165) is 29.3 Å². The molecule has 1 aromatic heterocycles. The highest BCUT2D eigenvalue weighted by Crippen LogP contribution is 2.29. The average Bonchev–Trinajstić information content (AvgIpc) is 2.71. The van der Waals surface area contributed by atoms with E-state index in [-0.39, 0.29) is 17.6 Å². The number of carbonyl (C=O) groups excluding carboxylic acids is 1. The third-order valence-electron chi connectivity index (χ3n) is 5.63. The third-order valence-corrected chi connectivity index (χ3v) is 5.98. The molecular weight excluding hydrogens is 415 g/mol. The molecule has 0 bridgehead atoms. The zero-order chi connectivity index (χ0) is 22.7. The first-order valence-electron chi connectivity index (χ1n) is 11.0. The molecule has 1 fully saturated rings. The lowest BCUT2D eigenvalue weighted by atomic mass is 10.0. The van der Waals surface area contributed by atoms with Gasteiger partial charge < -0.3 is 9.80 Å². The number of amides is 1. The molecule has 0 aliphatic carbocycles. The first-order chi connectivity index (χ1) is 14.7. The maximum Gasteiger partial charge on any atom is 0.225 e. The number of benzene rings is 1. The van der Waals surface area contributed by atoms with Crippen LogP contribution in [0.15, 0.2) is 18.2 Å². The van der Waals surface area contributed by atoms with Gasteiger partial charge >= 0.3 is 0 Å². The van der Waals surface area contributed by atoms with Crippen LogP contribution in [0.1, 0.15) is 50.3 Å². The van der Waals surface area contributed by atoms with Gasteiger partial charge in [-0.05, 0) is 25.0 Å². The van der Waals surface area contributed by atoms with E-state index in [1.54, 1.807) is 12.1 Å². The van der Waals surface area contributed by atoms with Crippen LogP contribution in [0, 0.1) is 24.6 Å². The van der Waals surface area contributed by atoms with Crippen molar-refractivity contribution in [1.29, 1.82) is 0 Å². The van der Waals surface area contributed by atoms with Crippen molar-refractivity contribution in [2.45, 2.75) is 47.5 Å². The molecule has 2 aromatic rings. The van der Waals surface area contributed by atoms with Gasteiger partial charge in [-0.25, -0.2) is 14.4 Å². The highest BCUT2D eigenvalue weighted by Gasteiger charge is 2.26. The predicted molar refractivity (Wildman–Crippen MR) is 123 cm³/mol. The van der Waals surface area contributed by atoms with Crippen molar-refractivity contribution in [1.82, 2.24) is 14.9 Å². The minimum absolute atomic E-state index is 0.00996. The quantitative estimate of drug-likeness (QED) is 0.646. The number of aromatic nitrogens is 2. The zero-order valence-corrected chi connectivity index (χ0v) is 19.8. The largest absolute Gasteiger partial charge is 0.353 e. The standard InChI is InChI=1S/C24H32ClFN4O/c1-15(2)13-22-27-17(5)18(14-19-20(25)7-6-8-21(19)26)23(28-22)29-9-11-30(12-10-29)24(31)16(3)4/h6-8,15-16H,9-14H2,1-5H3. The summed E-state index contributed by atoms with van der Waals surface area (Å²) >= 11 is 6.31. The summed E-state index contributed by atoms with van der Waals surface area (Å²) in [5.74, 6) is 1.91. The van der Waals surface area contributed by atoms with Crippen LogP contribution in [0.2, 0.25) is 5.02 Å². The molecular formula is C24H32ClFN4O. The fourth-order valence-electron chi connectivity index (χ4n) is 3.94. The van der Waals surface area contributed by atoms with E-state index in [9.17, 15) is 9.18 Å². The Bertz CT molecular complexity index is 919. The molecule has 31 heavy (non-hydrogen) atoms. The summed E-state index contributed by atoms with van der Waals surface area (Å²) in [6.45, 7) is 12.8. The van der Waals surface area contributed by atoms with Gasteiger partial charge in [0.05, 0.1) is 0 Å². The maximum atomic E-state index is 14.5. The topological polar surface area (TPSA) is 49.3 Å². The number of halogens is 2. The number of anilines is 1. The highest BCUT2D eigenvalue weighted by atomic mass is 35.5. The van der Waals surface area contributed by atoms with Crippen LogP contribution in [0.25, 0.3) is 0 Å². The molecule has 1 aromatic carbocycles. The first-order valence-corrected chi connectivity index (χ1v) is 11.4. The summed E-state index contributed by atoms with van der Waals surface area (Å²) in [5, 5.41) is 0.406. The van der Waals surface area contributed by atoms with Gasteiger partial charge in [-0.3, -0.25) is 4.79 Å². The van der Waals surface area contributed by atoms with E-state index in [0.29, 0.717) is 49.1 Å². The molecule has 0 saturated carbocycles. The van der Waals surface area contributed by atoms with E-state index in [1.165, 1.54) is 6.07 Å². The number of piperazine rings is 1. The van der Waals surface area contributed by atoms with E-state index < -0.39 is 0 Å². The summed E-state index contributed by atoms with van der Waals surface area (Å²) in [6.07, 6.45) is 1.11. The average molecular weight is 447 g/mol. The molecule has 1 aliphatic rings. The number of nitrogens with zero attached hydrogens (tertiary/aromatic N) is 4. The minimum atomic E-state index is -0.323. The van der Waals surface area contributed by atoms with Crippen molar-refractivity contribution in [3.63, 3.8) is 0 Å². The van der Waals surface area contributed by atoms with E-state index in [4.69, 9.17) is 21.6 Å². The molecule has 1 saturated heterocycles. The number of carbonyl (C=O) groups is 1. The van der Waals surface area contributed by atoms with Crippen LogP contribution in [-0.4, -0.2) is 47.0 Å². The lowest BCUT2D eigenvalue weighted by Gasteiger charge is -2.37. The van der Waals surface area contributed by atoms with Gasteiger partial charge in [0.2, 0.25) is 5.91 Å². The fraction of sp³-hybridized carbons (Fsp3) is 0.542. The van der Waals surface area contributed by atoms with Crippen LogP contribution in [0.4, 0.5) is 10.2 Å². The van der Waals surface area contributed by atoms with Gasteiger partial charge in [0, 0.05) is 66.8 Å². The third kappa shape index (κ3) is 5.53. The zero-order valence-electron chi connectivity index (χ0n) is 19.1. The molecule has 5 nitrogen and oxygen atoms in total. The number of rotatable bonds is 6. The summed E-state index contributed by atoms with van der Waals surface area (Å²) in [6, 6.07) is 4.75. The Kier molecular flexibility index (Phi) is 7.52. The first kappa shape index (κ1) is 23.5. The lowest BCUT2D eigenvalue weighted by Crippen LogP contribution is -2.50. The van der Waals surface area contributed by atoms with Gasteiger partial charge in [0.1, 0.15) is 17.5 Å². The van der Waals surface area contributed by atoms with Crippen LogP contribution in [0.5, 0.6) is 0 Å². The maximum absolute atomic E-state index is 14.5. The number of aryl methyl sites for hydroxylation is 1. The van der Waals surface area contributed by atoms with E-state index in [2.05, 4.69) is 18.7 Å². The Morgan fingerprint density at radius 2 is 1.77 bits per heavy atom. The van der Waals surface area contributed by atoms with Gasteiger partial charge in [0.15, 0.2) is 0 Å². The molecule has 0 radical (unpaired) electrons. The summed E-state index contributed by atoms with van der Waals surface area (Å²) in [4.78, 5) is 26.1. The van der Waals surface area contributed by atoms with Crippen LogP contribution < -0.4 is 4.90 Å². The number of hydrogen-bond acceptors (Lipinski definition) is 4. The summed E-state index contributed by atoms with van der Waals surface area (Å²) < 4.78 is 14.5. The lowest BCUT2D eigenvalue weighted by molar-refractivity contribution is -0.134. The minimum Gasteiger partial charge on any atom is -0.353 e. The second-order valence-electron chi connectivity index (χ2n) is 8.97. The Hall–Kier alpha value is -2.21. The van der Waals surface area contributed by atoms with Crippen molar-refractivity contribution >= 4 is 23.3 Å². The second kappa shape index (κ2) is 9.94. The van der Waals surface area contributed by atoms with Crippen molar-refractivity contribution in [2.24, 2.45) is 11.8 Å². The molecule has 1 amide bonds. The fourth-order valence-corrected chi connectivity index (χ4v) is 4.17. The predicted octanol–water partition coefficient (Wildman–Crippen LogP) is 4.67. The molecule has 168 valence electrons. The molecule has 1 aliphatic heterocycles. The Labute approximate surface area is 189 Å². The molecule has 0 N–H and O–H groups in total. The molecule has 0 spiro atoms. The van der Waals surface area contributed by atoms with Crippen molar-refractivity contribution < 1.29 is 9.18 Å². The number of hydrogen-bond donors (Lipinski definition) is 0. The van der Waals surface area contributed by atoms with Gasteiger partial charge in [-0.2, -0.15) is 0 Å². The Balaban J connectivity index is 1.95. The smallest absolute Gasteiger partial charge is 0.225 e. The van der Waals surface area contributed by atoms with E-state index >= 15 is 0 Å². The normalized spacial score (nSPS) is 14.6. The Morgan fingerprint density at radius 3 is 2.35 bits per heavy atom. The van der Waals surface area contributed by atoms with Crippen molar-refractivity contribution in [2.75, 3.05) is 31.1 Å².